The van der Waals surface area contributed by atoms with E-state index in [9.17, 15) is 5.11 Å². The van der Waals surface area contributed by atoms with Crippen molar-refractivity contribution in [1.29, 1.82) is 5.26 Å². The summed E-state index contributed by atoms with van der Waals surface area (Å²) in [5.74, 6) is 0. The van der Waals surface area contributed by atoms with Gasteiger partial charge < -0.3 is 16.2 Å². The van der Waals surface area contributed by atoms with Crippen molar-refractivity contribution in [3.63, 3.8) is 0 Å². The molecule has 4 heteroatoms. The molecule has 0 saturated heterocycles. The normalized spacial score (nSPS) is 13.9. The Morgan fingerprint density at radius 3 is 2.75 bits per heavy atom. The van der Waals surface area contributed by atoms with E-state index in [-0.39, 0.29) is 0 Å². The van der Waals surface area contributed by atoms with Gasteiger partial charge in [-0.2, -0.15) is 5.26 Å². The molecular weight excluding hydrogens is 202 g/mol. The summed E-state index contributed by atoms with van der Waals surface area (Å²) in [6.07, 6.45) is 0.672. The smallest absolute Gasteiger partial charge is 0.101 e. The lowest BCUT2D eigenvalue weighted by molar-refractivity contribution is 0.0697. The van der Waals surface area contributed by atoms with Crippen molar-refractivity contribution in [2.45, 2.75) is 25.9 Å². The molecule has 4 nitrogen and oxygen atoms in total. The average molecular weight is 219 g/mol. The Bertz CT molecular complexity index is 407. The van der Waals surface area contributed by atoms with Gasteiger partial charge in [0.2, 0.25) is 0 Å². The molecular formula is C12H17N3O. The number of rotatable bonds is 4. The van der Waals surface area contributed by atoms with E-state index < -0.39 is 5.60 Å². The first kappa shape index (κ1) is 12.3. The predicted molar refractivity (Wildman–Crippen MR) is 65.0 cm³/mol. The summed E-state index contributed by atoms with van der Waals surface area (Å²) in [5.41, 5.74) is 6.67. The molecule has 0 heterocycles. The number of nitrogen functional groups attached to an aromatic ring is 1. The topological polar surface area (TPSA) is 82.1 Å². The van der Waals surface area contributed by atoms with E-state index in [1.807, 2.05) is 13.0 Å². The molecule has 1 unspecified atom stereocenters. The maximum absolute atomic E-state index is 9.81. The van der Waals surface area contributed by atoms with Gasteiger partial charge in [-0.3, -0.25) is 0 Å². The van der Waals surface area contributed by atoms with E-state index >= 15 is 0 Å². The van der Waals surface area contributed by atoms with E-state index in [1.54, 1.807) is 25.1 Å². The molecule has 0 aromatic heterocycles. The maximum Gasteiger partial charge on any atom is 0.101 e. The number of benzene rings is 1. The van der Waals surface area contributed by atoms with Gasteiger partial charge >= 0.3 is 0 Å². The molecule has 0 radical (unpaired) electrons. The van der Waals surface area contributed by atoms with Crippen LogP contribution in [0, 0.1) is 11.3 Å². The van der Waals surface area contributed by atoms with E-state index in [0.717, 1.165) is 5.69 Å². The van der Waals surface area contributed by atoms with Gasteiger partial charge in [-0.05, 0) is 31.5 Å². The maximum atomic E-state index is 9.81. The zero-order chi connectivity index (χ0) is 12.2. The van der Waals surface area contributed by atoms with Crippen LogP contribution in [0.3, 0.4) is 0 Å². The largest absolute Gasteiger partial charge is 0.398 e. The van der Waals surface area contributed by atoms with Crippen LogP contribution in [-0.2, 0) is 0 Å². The van der Waals surface area contributed by atoms with Crippen LogP contribution in [0.4, 0.5) is 11.4 Å². The fraction of sp³-hybridized carbons (Fsp3) is 0.417. The summed E-state index contributed by atoms with van der Waals surface area (Å²) in [6.45, 7) is 4.15. The zero-order valence-electron chi connectivity index (χ0n) is 9.62. The Kier molecular flexibility index (Phi) is 3.75. The van der Waals surface area contributed by atoms with Crippen molar-refractivity contribution in [1.82, 2.24) is 0 Å². The number of nitrogens with one attached hydrogen (secondary N) is 1. The second-order valence-corrected chi connectivity index (χ2v) is 4.12. The SMILES string of the molecule is CCC(C)(O)CNc1ccc(C#N)c(N)c1. The number of nitriles is 1. The highest BCUT2D eigenvalue weighted by atomic mass is 16.3. The lowest BCUT2D eigenvalue weighted by atomic mass is 10.0. The lowest BCUT2D eigenvalue weighted by Crippen LogP contribution is -2.32. The number of aliphatic hydroxyl groups is 1. The molecule has 0 aliphatic heterocycles. The molecule has 1 rings (SSSR count). The number of hydrogen-bond donors (Lipinski definition) is 3. The molecule has 0 aliphatic rings. The summed E-state index contributed by atoms with van der Waals surface area (Å²) in [4.78, 5) is 0. The van der Waals surface area contributed by atoms with Gasteiger partial charge in [0, 0.05) is 12.2 Å². The molecule has 0 spiro atoms. The first-order chi connectivity index (χ1) is 7.48. The minimum Gasteiger partial charge on any atom is -0.398 e. The van der Waals surface area contributed by atoms with Crippen molar-refractivity contribution in [2.75, 3.05) is 17.6 Å². The number of hydrogen-bond acceptors (Lipinski definition) is 4. The second-order valence-electron chi connectivity index (χ2n) is 4.12. The summed E-state index contributed by atoms with van der Waals surface area (Å²) < 4.78 is 0. The third-order valence-electron chi connectivity index (χ3n) is 2.61. The molecule has 0 saturated carbocycles. The quantitative estimate of drug-likeness (QED) is 0.673. The Balaban J connectivity index is 2.70. The Morgan fingerprint density at radius 2 is 2.25 bits per heavy atom. The highest BCUT2D eigenvalue weighted by Gasteiger charge is 2.16. The van der Waals surface area contributed by atoms with Crippen LogP contribution in [0.25, 0.3) is 0 Å². The number of anilines is 2. The zero-order valence-corrected chi connectivity index (χ0v) is 9.62. The van der Waals surface area contributed by atoms with Crippen molar-refractivity contribution in [3.8, 4) is 6.07 Å². The minimum atomic E-state index is -0.733. The number of nitrogens with two attached hydrogens (primary N) is 1. The van der Waals surface area contributed by atoms with Crippen LogP contribution in [0.5, 0.6) is 0 Å². The highest BCUT2D eigenvalue weighted by molar-refractivity contribution is 5.62. The van der Waals surface area contributed by atoms with Gasteiger partial charge in [-0.15, -0.1) is 0 Å². The molecule has 0 amide bonds. The summed E-state index contributed by atoms with van der Waals surface area (Å²) in [7, 11) is 0. The molecule has 0 fully saturated rings. The van der Waals surface area contributed by atoms with E-state index in [0.29, 0.717) is 24.2 Å². The fourth-order valence-electron chi connectivity index (χ4n) is 1.19. The Morgan fingerprint density at radius 1 is 1.56 bits per heavy atom. The average Bonchev–Trinajstić information content (AvgIpc) is 2.27. The van der Waals surface area contributed by atoms with Crippen LogP contribution in [-0.4, -0.2) is 17.3 Å². The lowest BCUT2D eigenvalue weighted by Gasteiger charge is -2.22. The molecule has 4 N–H and O–H groups in total. The van der Waals surface area contributed by atoms with E-state index in [4.69, 9.17) is 11.0 Å². The molecule has 1 atom stereocenters. The molecule has 1 aromatic carbocycles. The Labute approximate surface area is 95.7 Å². The van der Waals surface area contributed by atoms with Gasteiger partial charge in [0.05, 0.1) is 16.9 Å². The Hall–Kier alpha value is -1.73. The molecule has 0 bridgehead atoms. The van der Waals surface area contributed by atoms with Crippen molar-refractivity contribution < 1.29 is 5.11 Å². The van der Waals surface area contributed by atoms with E-state index in [2.05, 4.69) is 5.32 Å². The third-order valence-corrected chi connectivity index (χ3v) is 2.61. The van der Waals surface area contributed by atoms with Gasteiger partial charge in [-0.25, -0.2) is 0 Å². The van der Waals surface area contributed by atoms with Crippen LogP contribution in [0.2, 0.25) is 0 Å². The van der Waals surface area contributed by atoms with Crippen molar-refractivity contribution >= 4 is 11.4 Å². The molecule has 0 aliphatic carbocycles. The van der Waals surface area contributed by atoms with Crippen LogP contribution >= 0.6 is 0 Å². The first-order valence-corrected chi connectivity index (χ1v) is 5.24. The fourth-order valence-corrected chi connectivity index (χ4v) is 1.19. The van der Waals surface area contributed by atoms with Crippen LogP contribution < -0.4 is 11.1 Å². The summed E-state index contributed by atoms with van der Waals surface area (Å²) in [5, 5.41) is 21.6. The van der Waals surface area contributed by atoms with E-state index in [1.165, 1.54) is 0 Å². The summed E-state index contributed by atoms with van der Waals surface area (Å²) in [6, 6.07) is 7.15. The number of nitrogens with zero attached hydrogens (tertiary/aromatic N) is 1. The minimum absolute atomic E-state index is 0.448. The standard InChI is InChI=1S/C12H17N3O/c1-3-12(2,16)8-15-10-5-4-9(7-13)11(14)6-10/h4-6,15-16H,3,8,14H2,1-2H3. The summed E-state index contributed by atoms with van der Waals surface area (Å²) >= 11 is 0. The van der Waals surface area contributed by atoms with Gasteiger partial charge in [-0.1, -0.05) is 6.92 Å². The molecule has 86 valence electrons. The second kappa shape index (κ2) is 4.86. The monoisotopic (exact) mass is 219 g/mol. The van der Waals surface area contributed by atoms with Gasteiger partial charge in [0.1, 0.15) is 6.07 Å². The molecule has 1 aromatic rings. The predicted octanol–water partition coefficient (Wildman–Crippen LogP) is 1.71. The van der Waals surface area contributed by atoms with Crippen molar-refractivity contribution in [2.24, 2.45) is 0 Å². The van der Waals surface area contributed by atoms with Crippen molar-refractivity contribution in [3.05, 3.63) is 23.8 Å². The first-order valence-electron chi connectivity index (χ1n) is 5.24. The van der Waals surface area contributed by atoms with Gasteiger partial charge in [0.25, 0.3) is 0 Å². The van der Waals surface area contributed by atoms with Gasteiger partial charge in [0.15, 0.2) is 0 Å². The highest BCUT2D eigenvalue weighted by Crippen LogP contribution is 2.18. The third kappa shape index (κ3) is 3.14. The molecule has 16 heavy (non-hydrogen) atoms. The van der Waals surface area contributed by atoms with Crippen LogP contribution in [0.15, 0.2) is 18.2 Å². The van der Waals surface area contributed by atoms with Crippen LogP contribution in [0.1, 0.15) is 25.8 Å².